The minimum absolute atomic E-state index is 0.190. The van der Waals surface area contributed by atoms with E-state index in [0.717, 1.165) is 68.8 Å². The Morgan fingerprint density at radius 2 is 1.72 bits per heavy atom. The molecule has 1 amide bonds. The van der Waals surface area contributed by atoms with Crippen LogP contribution in [0.3, 0.4) is 0 Å². The van der Waals surface area contributed by atoms with Gasteiger partial charge in [-0.2, -0.15) is 0 Å². The molecule has 0 bridgehead atoms. The number of likely N-dealkylation sites (tertiary alicyclic amines) is 1. The van der Waals surface area contributed by atoms with Crippen LogP contribution in [0.1, 0.15) is 37.2 Å². The first-order valence-electron chi connectivity index (χ1n) is 11.6. The van der Waals surface area contributed by atoms with E-state index in [2.05, 4.69) is 9.80 Å². The lowest BCUT2D eigenvalue weighted by atomic mass is 9.89. The van der Waals surface area contributed by atoms with Crippen molar-refractivity contribution in [2.24, 2.45) is 0 Å². The van der Waals surface area contributed by atoms with Gasteiger partial charge in [-0.15, -0.1) is 0 Å². The molecule has 0 aromatic heterocycles. The average Bonchev–Trinajstić information content (AvgIpc) is 3.34. The van der Waals surface area contributed by atoms with E-state index in [1.54, 1.807) is 11.0 Å². The fraction of sp³-hybridized carbons (Fsp3) is 0.480. The van der Waals surface area contributed by atoms with E-state index in [-0.39, 0.29) is 29.7 Å². The van der Waals surface area contributed by atoms with Crippen molar-refractivity contribution < 1.29 is 18.3 Å². The standard InChI is InChI=1S/C25H29F2N3O2/c26-18-4-7-20(8-5-18)30-23-9-6-19(27)16-21(23)22-17-28(13-10-24(22)30)11-2-1-3-12-29-14-15-32-25(29)31/h4-9,16,22,24H,1-3,10-15,17H2/t22-,24+/m0/s1. The van der Waals surface area contributed by atoms with Crippen molar-refractivity contribution in [3.63, 3.8) is 0 Å². The molecule has 0 N–H and O–H groups in total. The Hall–Kier alpha value is -2.67. The van der Waals surface area contributed by atoms with Gasteiger partial charge in [-0.1, -0.05) is 6.42 Å². The van der Waals surface area contributed by atoms with E-state index < -0.39 is 0 Å². The highest BCUT2D eigenvalue weighted by molar-refractivity contribution is 5.73. The lowest BCUT2D eigenvalue weighted by Gasteiger charge is -2.39. The van der Waals surface area contributed by atoms with Crippen LogP contribution < -0.4 is 4.90 Å². The van der Waals surface area contributed by atoms with Gasteiger partial charge in [0.2, 0.25) is 0 Å². The van der Waals surface area contributed by atoms with Crippen molar-refractivity contribution in [1.82, 2.24) is 9.80 Å². The monoisotopic (exact) mass is 441 g/mol. The van der Waals surface area contributed by atoms with Crippen LogP contribution in [0.15, 0.2) is 42.5 Å². The zero-order chi connectivity index (χ0) is 22.1. The molecule has 2 fully saturated rings. The van der Waals surface area contributed by atoms with E-state index in [1.807, 2.05) is 18.2 Å². The molecule has 0 radical (unpaired) electrons. The Balaban J connectivity index is 1.22. The third-order valence-corrected chi connectivity index (χ3v) is 6.99. The van der Waals surface area contributed by atoms with Gasteiger partial charge in [0, 0.05) is 43.0 Å². The Kier molecular flexibility index (Phi) is 6.00. The SMILES string of the molecule is O=C1OCCN1CCCCCN1CC[C@@H]2[C@@H](C1)c1cc(F)ccc1N2c1ccc(F)cc1. The Bertz CT molecular complexity index is 968. The summed E-state index contributed by atoms with van der Waals surface area (Å²) < 4.78 is 32.6. The summed E-state index contributed by atoms with van der Waals surface area (Å²) in [6, 6.07) is 11.9. The van der Waals surface area contributed by atoms with E-state index in [1.165, 1.54) is 18.2 Å². The maximum absolute atomic E-state index is 14.1. The largest absolute Gasteiger partial charge is 0.448 e. The number of amides is 1. The summed E-state index contributed by atoms with van der Waals surface area (Å²) in [6.07, 6.45) is 3.93. The smallest absolute Gasteiger partial charge is 0.409 e. The van der Waals surface area contributed by atoms with Gasteiger partial charge < -0.3 is 19.4 Å². The van der Waals surface area contributed by atoms with Crippen LogP contribution in [0, 0.1) is 11.6 Å². The topological polar surface area (TPSA) is 36.0 Å². The molecule has 0 spiro atoms. The molecule has 3 heterocycles. The van der Waals surface area contributed by atoms with Crippen molar-refractivity contribution >= 4 is 17.5 Å². The third-order valence-electron chi connectivity index (χ3n) is 6.99. The van der Waals surface area contributed by atoms with Crippen LogP contribution in [0.5, 0.6) is 0 Å². The maximum Gasteiger partial charge on any atom is 0.409 e. The number of hydrogen-bond acceptors (Lipinski definition) is 4. The number of halogens is 2. The van der Waals surface area contributed by atoms with Crippen molar-refractivity contribution in [3.05, 3.63) is 59.7 Å². The highest BCUT2D eigenvalue weighted by Gasteiger charge is 2.42. The number of rotatable bonds is 7. The number of unbranched alkanes of at least 4 members (excludes halogenated alkanes) is 2. The molecule has 2 atom stereocenters. The molecule has 32 heavy (non-hydrogen) atoms. The number of fused-ring (bicyclic) bond motifs is 3. The zero-order valence-electron chi connectivity index (χ0n) is 18.2. The first-order valence-corrected chi connectivity index (χ1v) is 11.6. The predicted molar refractivity (Wildman–Crippen MR) is 119 cm³/mol. The maximum atomic E-state index is 14.1. The normalized spacial score (nSPS) is 22.8. The summed E-state index contributed by atoms with van der Waals surface area (Å²) in [5.74, 6) is -0.222. The van der Waals surface area contributed by atoms with E-state index in [9.17, 15) is 13.6 Å². The highest BCUT2D eigenvalue weighted by atomic mass is 19.1. The van der Waals surface area contributed by atoms with Gasteiger partial charge >= 0.3 is 6.09 Å². The van der Waals surface area contributed by atoms with Crippen LogP contribution in [0.2, 0.25) is 0 Å². The lowest BCUT2D eigenvalue weighted by Crippen LogP contribution is -2.45. The number of hydrogen-bond donors (Lipinski definition) is 0. The number of anilines is 2. The molecule has 0 saturated carbocycles. The molecule has 2 saturated heterocycles. The van der Waals surface area contributed by atoms with Gasteiger partial charge in [0.25, 0.3) is 0 Å². The molecule has 3 aliphatic rings. The predicted octanol–water partition coefficient (Wildman–Crippen LogP) is 4.90. The summed E-state index contributed by atoms with van der Waals surface area (Å²) in [6.45, 7) is 4.88. The molecule has 0 aliphatic carbocycles. The van der Waals surface area contributed by atoms with Gasteiger partial charge in [-0.25, -0.2) is 13.6 Å². The van der Waals surface area contributed by atoms with Crippen molar-refractivity contribution in [2.75, 3.05) is 44.2 Å². The number of cyclic esters (lactones) is 1. The average molecular weight is 442 g/mol. The Morgan fingerprint density at radius 1 is 0.938 bits per heavy atom. The van der Waals surface area contributed by atoms with Crippen LogP contribution in [-0.4, -0.2) is 61.3 Å². The van der Waals surface area contributed by atoms with Crippen molar-refractivity contribution in [1.29, 1.82) is 0 Å². The molecule has 7 heteroatoms. The summed E-state index contributed by atoms with van der Waals surface area (Å²) in [5, 5.41) is 0. The Labute approximate surface area is 187 Å². The van der Waals surface area contributed by atoms with Crippen LogP contribution in [0.25, 0.3) is 0 Å². The minimum Gasteiger partial charge on any atom is -0.448 e. The van der Waals surface area contributed by atoms with Gasteiger partial charge in [0.15, 0.2) is 0 Å². The van der Waals surface area contributed by atoms with E-state index in [0.29, 0.717) is 13.2 Å². The fourth-order valence-electron chi connectivity index (χ4n) is 5.42. The fourth-order valence-corrected chi connectivity index (χ4v) is 5.42. The minimum atomic E-state index is -0.250. The van der Waals surface area contributed by atoms with E-state index in [4.69, 9.17) is 4.74 Å². The van der Waals surface area contributed by atoms with Gasteiger partial charge in [0.05, 0.1) is 6.54 Å². The second-order valence-electron chi connectivity index (χ2n) is 8.97. The van der Waals surface area contributed by atoms with Crippen LogP contribution in [0.4, 0.5) is 25.0 Å². The molecule has 0 unspecified atom stereocenters. The Morgan fingerprint density at radius 3 is 2.50 bits per heavy atom. The number of benzene rings is 2. The summed E-state index contributed by atoms with van der Waals surface area (Å²) >= 11 is 0. The first kappa shape index (κ1) is 21.2. The molecule has 5 rings (SSSR count). The highest BCUT2D eigenvalue weighted by Crippen LogP contribution is 2.48. The van der Waals surface area contributed by atoms with Crippen molar-refractivity contribution in [3.8, 4) is 0 Å². The second-order valence-corrected chi connectivity index (χ2v) is 8.97. The molecular formula is C25H29F2N3O2. The number of carbonyl (C=O) groups is 1. The zero-order valence-corrected chi connectivity index (χ0v) is 18.2. The van der Waals surface area contributed by atoms with E-state index >= 15 is 0 Å². The summed E-state index contributed by atoms with van der Waals surface area (Å²) in [5.41, 5.74) is 3.05. The van der Waals surface area contributed by atoms with Crippen molar-refractivity contribution in [2.45, 2.75) is 37.6 Å². The van der Waals surface area contributed by atoms with Gasteiger partial charge in [-0.05, 0) is 73.8 Å². The molecule has 170 valence electrons. The molecule has 3 aliphatic heterocycles. The number of carbonyl (C=O) groups excluding carboxylic acids is 1. The molecule has 2 aromatic carbocycles. The van der Waals surface area contributed by atoms with Crippen LogP contribution >= 0.6 is 0 Å². The second kappa shape index (κ2) is 9.06. The van der Waals surface area contributed by atoms with Crippen LogP contribution in [-0.2, 0) is 4.74 Å². The first-order chi connectivity index (χ1) is 15.6. The summed E-state index contributed by atoms with van der Waals surface area (Å²) in [4.78, 5) is 18.0. The molecule has 5 nitrogen and oxygen atoms in total. The number of ether oxygens (including phenoxy) is 1. The number of nitrogens with zero attached hydrogens (tertiary/aromatic N) is 3. The molecular weight excluding hydrogens is 412 g/mol. The third kappa shape index (κ3) is 4.18. The van der Waals surface area contributed by atoms with Gasteiger partial charge in [-0.3, -0.25) is 0 Å². The lowest BCUT2D eigenvalue weighted by molar-refractivity contribution is 0.157. The summed E-state index contributed by atoms with van der Waals surface area (Å²) in [7, 11) is 0. The quantitative estimate of drug-likeness (QED) is 0.573. The number of piperidine rings is 1. The van der Waals surface area contributed by atoms with Gasteiger partial charge in [0.1, 0.15) is 18.2 Å². The molecule has 2 aromatic rings.